The second-order valence-corrected chi connectivity index (χ2v) is 4.82. The summed E-state index contributed by atoms with van der Waals surface area (Å²) in [6.07, 6.45) is 2.04. The lowest BCUT2D eigenvalue weighted by molar-refractivity contribution is 0.671. The Kier molecular flexibility index (Phi) is 2.87. The Labute approximate surface area is 112 Å². The van der Waals surface area contributed by atoms with E-state index in [-0.39, 0.29) is 0 Å². The van der Waals surface area contributed by atoms with Gasteiger partial charge in [0.2, 0.25) is 0 Å². The molecule has 0 radical (unpaired) electrons. The molecule has 3 aromatic rings. The van der Waals surface area contributed by atoms with Gasteiger partial charge in [-0.25, -0.2) is 0 Å². The summed E-state index contributed by atoms with van der Waals surface area (Å²) < 4.78 is 1.96. The number of para-hydroxylation sites is 1. The van der Waals surface area contributed by atoms with E-state index in [9.17, 15) is 0 Å². The van der Waals surface area contributed by atoms with Gasteiger partial charge in [-0.1, -0.05) is 18.2 Å². The van der Waals surface area contributed by atoms with Crippen LogP contribution in [0.25, 0.3) is 22.2 Å². The van der Waals surface area contributed by atoms with Crippen LogP contribution >= 0.6 is 0 Å². The minimum Gasteiger partial charge on any atom is -0.360 e. The van der Waals surface area contributed by atoms with Crippen LogP contribution in [0.4, 0.5) is 0 Å². The van der Waals surface area contributed by atoms with Gasteiger partial charge in [-0.05, 0) is 25.6 Å². The number of hydrogen-bond donors (Lipinski definition) is 2. The predicted molar refractivity (Wildman–Crippen MR) is 78.0 cm³/mol. The molecule has 0 saturated carbocycles. The number of benzene rings is 1. The molecule has 0 aliphatic heterocycles. The maximum atomic E-state index is 4.68. The molecule has 4 nitrogen and oxygen atoms in total. The van der Waals surface area contributed by atoms with Crippen LogP contribution in [-0.2, 0) is 13.6 Å². The first kappa shape index (κ1) is 12.0. The Morgan fingerprint density at radius 3 is 2.89 bits per heavy atom. The molecule has 0 amide bonds. The molecule has 98 valence electrons. The molecule has 0 fully saturated rings. The van der Waals surface area contributed by atoms with Crippen molar-refractivity contribution in [1.82, 2.24) is 20.1 Å². The largest absolute Gasteiger partial charge is 0.360 e. The molecule has 1 aromatic carbocycles. The lowest BCUT2D eigenvalue weighted by Gasteiger charge is -2.01. The first-order valence-corrected chi connectivity index (χ1v) is 6.46. The fourth-order valence-electron chi connectivity index (χ4n) is 2.60. The monoisotopic (exact) mass is 254 g/mol. The summed E-state index contributed by atoms with van der Waals surface area (Å²) in [5.74, 6) is 0. The third kappa shape index (κ3) is 1.85. The van der Waals surface area contributed by atoms with E-state index in [0.717, 1.165) is 17.8 Å². The smallest absolute Gasteiger partial charge is 0.0977 e. The Morgan fingerprint density at radius 1 is 1.32 bits per heavy atom. The zero-order valence-corrected chi connectivity index (χ0v) is 11.5. The molecule has 19 heavy (non-hydrogen) atoms. The summed E-state index contributed by atoms with van der Waals surface area (Å²) in [7, 11) is 3.95. The molecule has 0 atom stereocenters. The Morgan fingerprint density at radius 2 is 2.11 bits per heavy atom. The van der Waals surface area contributed by atoms with Gasteiger partial charge in [-0.15, -0.1) is 0 Å². The highest BCUT2D eigenvalue weighted by Crippen LogP contribution is 2.30. The number of nitrogens with one attached hydrogen (secondary N) is 2. The lowest BCUT2D eigenvalue weighted by Crippen LogP contribution is -2.10. The SMILES string of the molecule is CNCc1c(C)c(-c2c[nH]c3ccccc23)nn1C. The van der Waals surface area contributed by atoms with E-state index in [2.05, 4.69) is 40.5 Å². The van der Waals surface area contributed by atoms with Gasteiger partial charge in [-0.3, -0.25) is 4.68 Å². The van der Waals surface area contributed by atoms with Crippen molar-refractivity contribution < 1.29 is 0 Å². The van der Waals surface area contributed by atoms with Crippen LogP contribution in [0.5, 0.6) is 0 Å². The van der Waals surface area contributed by atoms with Gasteiger partial charge in [0.05, 0.1) is 11.4 Å². The molecule has 0 saturated heterocycles. The number of aryl methyl sites for hydroxylation is 1. The summed E-state index contributed by atoms with van der Waals surface area (Å²) >= 11 is 0. The van der Waals surface area contributed by atoms with Gasteiger partial charge in [-0.2, -0.15) is 5.10 Å². The van der Waals surface area contributed by atoms with Crippen LogP contribution in [0.15, 0.2) is 30.5 Å². The van der Waals surface area contributed by atoms with E-state index in [1.807, 2.05) is 31.0 Å². The van der Waals surface area contributed by atoms with Gasteiger partial charge in [0.25, 0.3) is 0 Å². The Hall–Kier alpha value is -2.07. The third-order valence-electron chi connectivity index (χ3n) is 3.62. The van der Waals surface area contributed by atoms with E-state index >= 15 is 0 Å². The van der Waals surface area contributed by atoms with Crippen molar-refractivity contribution in [3.8, 4) is 11.3 Å². The summed E-state index contributed by atoms with van der Waals surface area (Å²) in [5.41, 5.74) is 5.85. The summed E-state index contributed by atoms with van der Waals surface area (Å²) in [6, 6.07) is 8.32. The van der Waals surface area contributed by atoms with Crippen molar-refractivity contribution in [3.63, 3.8) is 0 Å². The van der Waals surface area contributed by atoms with Gasteiger partial charge in [0.1, 0.15) is 0 Å². The first-order chi connectivity index (χ1) is 9.22. The van der Waals surface area contributed by atoms with Crippen LogP contribution < -0.4 is 5.32 Å². The standard InChI is InChI=1S/C15H18N4/c1-10-14(9-16-2)19(3)18-15(10)12-8-17-13-7-5-4-6-11(12)13/h4-8,16-17H,9H2,1-3H3. The quantitative estimate of drug-likeness (QED) is 0.754. The molecule has 2 aromatic heterocycles. The third-order valence-corrected chi connectivity index (χ3v) is 3.62. The molecular formula is C15H18N4. The second-order valence-electron chi connectivity index (χ2n) is 4.82. The van der Waals surface area contributed by atoms with E-state index in [4.69, 9.17) is 0 Å². The number of fused-ring (bicyclic) bond motifs is 1. The van der Waals surface area contributed by atoms with Crippen molar-refractivity contribution in [1.29, 1.82) is 0 Å². The molecule has 2 heterocycles. The van der Waals surface area contributed by atoms with Gasteiger partial charge in [0, 0.05) is 36.3 Å². The van der Waals surface area contributed by atoms with Gasteiger partial charge in [0.15, 0.2) is 0 Å². The highest BCUT2D eigenvalue weighted by molar-refractivity contribution is 5.95. The van der Waals surface area contributed by atoms with Gasteiger partial charge < -0.3 is 10.3 Å². The van der Waals surface area contributed by atoms with E-state index in [0.29, 0.717) is 0 Å². The highest BCUT2D eigenvalue weighted by atomic mass is 15.3. The zero-order valence-electron chi connectivity index (χ0n) is 11.5. The molecule has 4 heteroatoms. The topological polar surface area (TPSA) is 45.6 Å². The number of H-pyrrole nitrogens is 1. The average Bonchev–Trinajstić information content (AvgIpc) is 2.95. The van der Waals surface area contributed by atoms with Crippen LogP contribution in [0.2, 0.25) is 0 Å². The predicted octanol–water partition coefficient (Wildman–Crippen LogP) is 2.60. The molecule has 0 aliphatic carbocycles. The van der Waals surface area contributed by atoms with E-state index in [1.165, 1.54) is 22.2 Å². The van der Waals surface area contributed by atoms with Gasteiger partial charge >= 0.3 is 0 Å². The molecule has 0 aliphatic rings. The summed E-state index contributed by atoms with van der Waals surface area (Å²) in [4.78, 5) is 3.31. The molecule has 0 spiro atoms. The fourth-order valence-corrected chi connectivity index (χ4v) is 2.60. The summed E-state index contributed by atoms with van der Waals surface area (Å²) in [6.45, 7) is 2.97. The van der Waals surface area contributed by atoms with Crippen molar-refractivity contribution in [2.45, 2.75) is 13.5 Å². The van der Waals surface area contributed by atoms with Crippen molar-refractivity contribution >= 4 is 10.9 Å². The van der Waals surface area contributed by atoms with E-state index in [1.54, 1.807) is 0 Å². The zero-order chi connectivity index (χ0) is 13.4. The number of aromatic amines is 1. The molecule has 0 bridgehead atoms. The van der Waals surface area contributed by atoms with Crippen LogP contribution in [0.3, 0.4) is 0 Å². The first-order valence-electron chi connectivity index (χ1n) is 6.46. The maximum absolute atomic E-state index is 4.68. The number of aromatic nitrogens is 3. The Balaban J connectivity index is 2.19. The number of rotatable bonds is 3. The maximum Gasteiger partial charge on any atom is 0.0977 e. The van der Waals surface area contributed by atoms with Crippen molar-refractivity contribution in [3.05, 3.63) is 41.7 Å². The molecular weight excluding hydrogens is 236 g/mol. The summed E-state index contributed by atoms with van der Waals surface area (Å²) in [5, 5.41) is 9.09. The highest BCUT2D eigenvalue weighted by Gasteiger charge is 2.16. The molecule has 2 N–H and O–H groups in total. The minimum atomic E-state index is 0.831. The number of hydrogen-bond acceptors (Lipinski definition) is 2. The average molecular weight is 254 g/mol. The Bertz CT molecular complexity index is 721. The molecule has 0 unspecified atom stereocenters. The molecule has 3 rings (SSSR count). The second kappa shape index (κ2) is 4.55. The lowest BCUT2D eigenvalue weighted by atomic mass is 10.1. The minimum absolute atomic E-state index is 0.831. The van der Waals surface area contributed by atoms with Crippen molar-refractivity contribution in [2.75, 3.05) is 7.05 Å². The van der Waals surface area contributed by atoms with Crippen molar-refractivity contribution in [2.24, 2.45) is 7.05 Å². The van der Waals surface area contributed by atoms with Crippen LogP contribution in [-0.4, -0.2) is 21.8 Å². The number of nitrogens with zero attached hydrogens (tertiary/aromatic N) is 2. The van der Waals surface area contributed by atoms with Crippen LogP contribution in [0, 0.1) is 6.92 Å². The fraction of sp³-hybridized carbons (Fsp3) is 0.267. The van der Waals surface area contributed by atoms with Crippen LogP contribution in [0.1, 0.15) is 11.3 Å². The van der Waals surface area contributed by atoms with E-state index < -0.39 is 0 Å². The normalized spacial score (nSPS) is 11.3.